The molecule has 0 aromatic rings. The van der Waals surface area contributed by atoms with E-state index >= 15 is 0 Å². The standard InChI is InChI=1S/C9H16F2N2O2/c10-8(11)7-13-5-3-12(4-6-13)2-1-9(14)15/h8H,1-7H2,(H,14,15). The number of piperazine rings is 1. The summed E-state index contributed by atoms with van der Waals surface area (Å²) >= 11 is 0. The molecule has 0 radical (unpaired) electrons. The molecule has 0 atom stereocenters. The third-order valence-corrected chi connectivity index (χ3v) is 2.50. The Morgan fingerprint density at radius 3 is 2.20 bits per heavy atom. The minimum Gasteiger partial charge on any atom is -0.481 e. The minimum absolute atomic E-state index is 0.120. The highest BCUT2D eigenvalue weighted by atomic mass is 19.3. The van der Waals surface area contributed by atoms with Gasteiger partial charge in [0.05, 0.1) is 13.0 Å². The molecular formula is C9H16F2N2O2. The molecule has 0 unspecified atom stereocenters. The number of rotatable bonds is 5. The number of carboxylic acid groups (broad SMARTS) is 1. The summed E-state index contributed by atoms with van der Waals surface area (Å²) < 4.78 is 24.1. The fraction of sp³-hybridized carbons (Fsp3) is 0.889. The van der Waals surface area contributed by atoms with Gasteiger partial charge in [0.1, 0.15) is 0 Å². The average Bonchev–Trinajstić information content (AvgIpc) is 2.16. The topological polar surface area (TPSA) is 43.8 Å². The highest BCUT2D eigenvalue weighted by molar-refractivity contribution is 5.66. The molecule has 1 rings (SSSR count). The molecule has 1 fully saturated rings. The van der Waals surface area contributed by atoms with Gasteiger partial charge in [-0.1, -0.05) is 0 Å². The molecule has 1 saturated heterocycles. The fourth-order valence-corrected chi connectivity index (χ4v) is 1.64. The minimum atomic E-state index is -2.28. The first-order valence-electron chi connectivity index (χ1n) is 5.02. The first-order chi connectivity index (χ1) is 7.08. The van der Waals surface area contributed by atoms with Gasteiger partial charge in [0.2, 0.25) is 0 Å². The van der Waals surface area contributed by atoms with E-state index in [0.29, 0.717) is 32.7 Å². The Kier molecular flexibility index (Phi) is 4.90. The Morgan fingerprint density at radius 1 is 1.20 bits per heavy atom. The van der Waals surface area contributed by atoms with E-state index < -0.39 is 12.4 Å². The lowest BCUT2D eigenvalue weighted by Crippen LogP contribution is -2.48. The molecule has 4 nitrogen and oxygen atoms in total. The van der Waals surface area contributed by atoms with Gasteiger partial charge in [-0.15, -0.1) is 0 Å². The molecule has 0 aromatic carbocycles. The summed E-state index contributed by atoms with van der Waals surface area (Å²) in [5.74, 6) is -0.815. The lowest BCUT2D eigenvalue weighted by atomic mass is 10.3. The van der Waals surface area contributed by atoms with E-state index in [1.807, 2.05) is 4.90 Å². The molecular weight excluding hydrogens is 206 g/mol. The van der Waals surface area contributed by atoms with Crippen molar-refractivity contribution in [3.05, 3.63) is 0 Å². The van der Waals surface area contributed by atoms with Crippen LogP contribution in [0.2, 0.25) is 0 Å². The smallest absolute Gasteiger partial charge is 0.304 e. The maximum atomic E-state index is 12.0. The van der Waals surface area contributed by atoms with Gasteiger partial charge in [-0.05, 0) is 0 Å². The summed E-state index contributed by atoms with van der Waals surface area (Å²) in [7, 11) is 0. The quantitative estimate of drug-likeness (QED) is 0.728. The van der Waals surface area contributed by atoms with Crippen LogP contribution < -0.4 is 0 Å². The van der Waals surface area contributed by atoms with Crippen molar-refractivity contribution in [2.24, 2.45) is 0 Å². The largest absolute Gasteiger partial charge is 0.481 e. The van der Waals surface area contributed by atoms with Crippen molar-refractivity contribution in [1.29, 1.82) is 0 Å². The summed E-state index contributed by atoms with van der Waals surface area (Å²) in [4.78, 5) is 14.0. The Bertz CT molecular complexity index is 206. The molecule has 0 bridgehead atoms. The molecule has 0 spiro atoms. The van der Waals surface area contributed by atoms with Crippen molar-refractivity contribution in [3.8, 4) is 0 Å². The molecule has 1 N–H and O–H groups in total. The van der Waals surface area contributed by atoms with Crippen LogP contribution in [0, 0.1) is 0 Å². The maximum Gasteiger partial charge on any atom is 0.304 e. The molecule has 0 amide bonds. The zero-order valence-corrected chi connectivity index (χ0v) is 8.53. The van der Waals surface area contributed by atoms with Gasteiger partial charge >= 0.3 is 5.97 Å². The predicted molar refractivity (Wildman–Crippen MR) is 51.1 cm³/mol. The number of carboxylic acids is 1. The molecule has 15 heavy (non-hydrogen) atoms. The molecule has 1 aliphatic heterocycles. The van der Waals surface area contributed by atoms with E-state index in [1.54, 1.807) is 4.90 Å². The highest BCUT2D eigenvalue weighted by Crippen LogP contribution is 2.05. The molecule has 0 aliphatic carbocycles. The summed E-state index contributed by atoms with van der Waals surface area (Å²) in [6, 6.07) is 0. The van der Waals surface area contributed by atoms with Crippen LogP contribution in [0.3, 0.4) is 0 Å². The Labute approximate surface area is 87.5 Å². The van der Waals surface area contributed by atoms with Crippen molar-refractivity contribution in [2.45, 2.75) is 12.8 Å². The fourth-order valence-electron chi connectivity index (χ4n) is 1.64. The van der Waals surface area contributed by atoms with Crippen LogP contribution in [0.1, 0.15) is 6.42 Å². The summed E-state index contributed by atoms with van der Waals surface area (Å²) in [6.07, 6.45) is -2.16. The van der Waals surface area contributed by atoms with Gasteiger partial charge < -0.3 is 10.0 Å². The van der Waals surface area contributed by atoms with Crippen molar-refractivity contribution >= 4 is 5.97 Å². The van der Waals surface area contributed by atoms with E-state index in [4.69, 9.17) is 5.11 Å². The van der Waals surface area contributed by atoms with Crippen LogP contribution >= 0.6 is 0 Å². The molecule has 1 heterocycles. The van der Waals surface area contributed by atoms with E-state index in [9.17, 15) is 13.6 Å². The first kappa shape index (κ1) is 12.3. The van der Waals surface area contributed by atoms with Crippen LogP contribution in [0.4, 0.5) is 8.78 Å². The van der Waals surface area contributed by atoms with Crippen LogP contribution in [0.5, 0.6) is 0 Å². The van der Waals surface area contributed by atoms with Gasteiger partial charge in [0.15, 0.2) is 0 Å². The highest BCUT2D eigenvalue weighted by Gasteiger charge is 2.19. The lowest BCUT2D eigenvalue weighted by Gasteiger charge is -2.34. The summed E-state index contributed by atoms with van der Waals surface area (Å²) in [5.41, 5.74) is 0. The van der Waals surface area contributed by atoms with E-state index in [-0.39, 0.29) is 13.0 Å². The van der Waals surface area contributed by atoms with Crippen molar-refractivity contribution in [3.63, 3.8) is 0 Å². The van der Waals surface area contributed by atoms with E-state index in [1.165, 1.54) is 0 Å². The van der Waals surface area contributed by atoms with Crippen LogP contribution in [-0.2, 0) is 4.79 Å². The monoisotopic (exact) mass is 222 g/mol. The summed E-state index contributed by atoms with van der Waals surface area (Å²) in [5, 5.41) is 8.48. The van der Waals surface area contributed by atoms with Crippen molar-refractivity contribution in [2.75, 3.05) is 39.3 Å². The van der Waals surface area contributed by atoms with Gasteiger partial charge in [-0.3, -0.25) is 9.69 Å². The van der Waals surface area contributed by atoms with Crippen molar-refractivity contribution in [1.82, 2.24) is 9.80 Å². The normalized spacial score (nSPS) is 19.7. The maximum absolute atomic E-state index is 12.0. The van der Waals surface area contributed by atoms with Crippen LogP contribution in [-0.4, -0.2) is 66.6 Å². The van der Waals surface area contributed by atoms with E-state index in [0.717, 1.165) is 0 Å². The SMILES string of the molecule is O=C(O)CCN1CCN(CC(F)F)CC1. The number of halogens is 2. The van der Waals surface area contributed by atoms with Crippen LogP contribution in [0.15, 0.2) is 0 Å². The van der Waals surface area contributed by atoms with Gasteiger partial charge in [-0.25, -0.2) is 8.78 Å². The predicted octanol–water partition coefficient (Wildman–Crippen LogP) is 0.344. The Morgan fingerprint density at radius 2 is 1.73 bits per heavy atom. The lowest BCUT2D eigenvalue weighted by molar-refractivity contribution is -0.137. The zero-order chi connectivity index (χ0) is 11.3. The van der Waals surface area contributed by atoms with Gasteiger partial charge in [0, 0.05) is 32.7 Å². The second kappa shape index (κ2) is 5.97. The average molecular weight is 222 g/mol. The third kappa shape index (κ3) is 5.03. The molecule has 6 heteroatoms. The zero-order valence-electron chi connectivity index (χ0n) is 8.53. The second-order valence-electron chi connectivity index (χ2n) is 3.68. The molecule has 0 aromatic heterocycles. The summed E-state index contributed by atoms with van der Waals surface area (Å²) in [6.45, 7) is 2.90. The van der Waals surface area contributed by atoms with Crippen molar-refractivity contribution < 1.29 is 18.7 Å². The Balaban J connectivity index is 2.15. The first-order valence-corrected chi connectivity index (χ1v) is 5.02. The molecule has 1 aliphatic rings. The number of alkyl halides is 2. The van der Waals surface area contributed by atoms with Gasteiger partial charge in [0.25, 0.3) is 6.43 Å². The third-order valence-electron chi connectivity index (χ3n) is 2.50. The Hall–Kier alpha value is -0.750. The number of carbonyl (C=O) groups is 1. The molecule has 0 saturated carbocycles. The van der Waals surface area contributed by atoms with Gasteiger partial charge in [-0.2, -0.15) is 0 Å². The number of aliphatic carboxylic acids is 1. The van der Waals surface area contributed by atoms with E-state index in [2.05, 4.69) is 0 Å². The number of nitrogens with zero attached hydrogens (tertiary/aromatic N) is 2. The number of hydrogen-bond donors (Lipinski definition) is 1. The molecule has 88 valence electrons. The number of hydrogen-bond acceptors (Lipinski definition) is 3. The second-order valence-corrected chi connectivity index (χ2v) is 3.68. The van der Waals surface area contributed by atoms with Crippen LogP contribution in [0.25, 0.3) is 0 Å².